The molecule has 2 aromatic heterocycles. The van der Waals surface area contributed by atoms with Crippen LogP contribution in [-0.4, -0.2) is 49.2 Å². The maximum absolute atomic E-state index is 13.4. The molecule has 0 bridgehead atoms. The Kier molecular flexibility index (Phi) is 5.60. The first-order valence-electron chi connectivity index (χ1n) is 8.86. The third-order valence-electron chi connectivity index (χ3n) is 4.43. The van der Waals surface area contributed by atoms with Crippen molar-refractivity contribution in [1.29, 1.82) is 0 Å². The van der Waals surface area contributed by atoms with E-state index >= 15 is 0 Å². The molecular weight excluding hydrogens is 434 g/mol. The lowest BCUT2D eigenvalue weighted by atomic mass is 10.1. The molecule has 1 aliphatic heterocycles. The fourth-order valence-electron chi connectivity index (χ4n) is 2.93. The van der Waals surface area contributed by atoms with Gasteiger partial charge >= 0.3 is 0 Å². The number of amides is 1. The van der Waals surface area contributed by atoms with Crippen LogP contribution in [0.25, 0.3) is 5.57 Å². The van der Waals surface area contributed by atoms with Crippen molar-refractivity contribution in [2.24, 2.45) is 7.05 Å². The molecule has 3 heterocycles. The molecule has 0 spiro atoms. The molecule has 0 radical (unpaired) electrons. The Bertz CT molecular complexity index is 1130. The Labute approximate surface area is 180 Å². The zero-order valence-corrected chi connectivity index (χ0v) is 17.2. The molecule has 154 valence electrons. The number of hydrogen-bond acceptors (Lipinski definition) is 7. The lowest BCUT2D eigenvalue weighted by molar-refractivity contribution is 0.102. The number of nitrogens with zero attached hydrogens (tertiary/aromatic N) is 7. The van der Waals surface area contributed by atoms with E-state index in [2.05, 4.69) is 30.7 Å². The molecule has 0 fully saturated rings. The molecule has 9 nitrogen and oxygen atoms in total. The average Bonchev–Trinajstić information content (AvgIpc) is 3.17. The molecule has 0 unspecified atom stereocenters. The Hall–Kier alpha value is -3.11. The molecule has 4 rings (SSSR count). The van der Waals surface area contributed by atoms with Crippen molar-refractivity contribution in [3.63, 3.8) is 0 Å². The van der Waals surface area contributed by atoms with E-state index < -0.39 is 11.7 Å². The van der Waals surface area contributed by atoms with Crippen LogP contribution in [-0.2, 0) is 7.05 Å². The van der Waals surface area contributed by atoms with Gasteiger partial charge in [-0.15, -0.1) is 5.10 Å². The summed E-state index contributed by atoms with van der Waals surface area (Å²) >= 11 is 12.4. The number of anilines is 2. The van der Waals surface area contributed by atoms with Crippen LogP contribution in [0.2, 0.25) is 5.02 Å². The van der Waals surface area contributed by atoms with Crippen LogP contribution >= 0.6 is 23.2 Å². The number of carbonyl (C=O) groups excluding carboxylic acids is 1. The van der Waals surface area contributed by atoms with Crippen molar-refractivity contribution in [1.82, 2.24) is 30.2 Å². The van der Waals surface area contributed by atoms with E-state index in [1.807, 2.05) is 4.90 Å². The SMILES string of the molecule is Cn1nnc(N2CCC(Cl)=C(c3cnc(NC(=O)c4cc(F)ccc4Cl)cn3)C2)n1. The molecule has 0 saturated heterocycles. The van der Waals surface area contributed by atoms with Crippen molar-refractivity contribution >= 4 is 46.4 Å². The van der Waals surface area contributed by atoms with Gasteiger partial charge in [0.05, 0.1) is 35.7 Å². The molecule has 1 aromatic carbocycles. The van der Waals surface area contributed by atoms with Gasteiger partial charge in [-0.3, -0.25) is 9.78 Å². The molecule has 0 saturated carbocycles. The second-order valence-electron chi connectivity index (χ2n) is 6.50. The third-order valence-corrected chi connectivity index (χ3v) is 5.18. The second-order valence-corrected chi connectivity index (χ2v) is 7.36. The summed E-state index contributed by atoms with van der Waals surface area (Å²) in [7, 11) is 1.69. The predicted octanol–water partition coefficient (Wildman–Crippen LogP) is 2.91. The minimum Gasteiger partial charge on any atom is -0.333 e. The van der Waals surface area contributed by atoms with E-state index in [1.165, 1.54) is 29.3 Å². The van der Waals surface area contributed by atoms with Crippen LogP contribution in [0.15, 0.2) is 35.6 Å². The number of benzene rings is 1. The van der Waals surface area contributed by atoms with Gasteiger partial charge in [-0.1, -0.05) is 28.3 Å². The largest absolute Gasteiger partial charge is 0.333 e. The van der Waals surface area contributed by atoms with Crippen molar-refractivity contribution in [2.45, 2.75) is 6.42 Å². The smallest absolute Gasteiger partial charge is 0.266 e. The highest BCUT2D eigenvalue weighted by Gasteiger charge is 2.23. The number of carbonyl (C=O) groups is 1. The first-order valence-corrected chi connectivity index (χ1v) is 9.61. The van der Waals surface area contributed by atoms with Crippen LogP contribution in [0.3, 0.4) is 0 Å². The van der Waals surface area contributed by atoms with Gasteiger partial charge in [-0.2, -0.15) is 4.80 Å². The lowest BCUT2D eigenvalue weighted by Crippen LogP contribution is -2.31. The van der Waals surface area contributed by atoms with Gasteiger partial charge in [0.15, 0.2) is 5.82 Å². The summed E-state index contributed by atoms with van der Waals surface area (Å²) in [6, 6.07) is 3.55. The zero-order chi connectivity index (χ0) is 21.3. The minimum absolute atomic E-state index is 0.00712. The Balaban J connectivity index is 1.50. The molecule has 0 aliphatic carbocycles. The summed E-state index contributed by atoms with van der Waals surface area (Å²) < 4.78 is 13.4. The Morgan fingerprint density at radius 3 is 2.77 bits per heavy atom. The number of aromatic nitrogens is 6. The number of rotatable bonds is 4. The summed E-state index contributed by atoms with van der Waals surface area (Å²) in [5.74, 6) is -0.449. The number of nitrogens with one attached hydrogen (secondary N) is 1. The number of tetrazole rings is 1. The van der Waals surface area contributed by atoms with Crippen molar-refractivity contribution in [2.75, 3.05) is 23.3 Å². The molecule has 0 atom stereocenters. The zero-order valence-electron chi connectivity index (χ0n) is 15.7. The predicted molar refractivity (Wildman–Crippen MR) is 110 cm³/mol. The van der Waals surface area contributed by atoms with Gasteiger partial charge in [0.2, 0.25) is 0 Å². The van der Waals surface area contributed by atoms with E-state index in [0.29, 0.717) is 36.2 Å². The minimum atomic E-state index is -0.587. The summed E-state index contributed by atoms with van der Waals surface area (Å²) in [6.45, 7) is 1.10. The van der Waals surface area contributed by atoms with Gasteiger partial charge < -0.3 is 10.2 Å². The van der Waals surface area contributed by atoms with Crippen LogP contribution in [0.1, 0.15) is 22.5 Å². The molecule has 1 N–H and O–H groups in total. The number of hydrogen-bond donors (Lipinski definition) is 1. The van der Waals surface area contributed by atoms with Crippen LogP contribution in [0, 0.1) is 5.82 Å². The second kappa shape index (κ2) is 8.33. The van der Waals surface area contributed by atoms with E-state index in [9.17, 15) is 9.18 Å². The standard InChI is InChI=1S/C18H15Cl2FN8O/c1-28-26-18(25-27-28)29-5-4-14(20)12(9-29)15-7-23-16(8-22-15)24-17(30)11-6-10(21)2-3-13(11)19/h2-3,6-8H,4-5,9H2,1H3,(H,23,24,30). The average molecular weight is 449 g/mol. The molecule has 3 aromatic rings. The summed E-state index contributed by atoms with van der Waals surface area (Å²) in [5, 5.41) is 15.4. The maximum Gasteiger partial charge on any atom is 0.266 e. The molecule has 12 heteroatoms. The topological polar surface area (TPSA) is 102 Å². The molecular formula is C18H15Cl2FN8O. The Morgan fingerprint density at radius 1 is 1.23 bits per heavy atom. The lowest BCUT2D eigenvalue weighted by Gasteiger charge is -2.27. The monoisotopic (exact) mass is 448 g/mol. The molecule has 30 heavy (non-hydrogen) atoms. The van der Waals surface area contributed by atoms with Crippen molar-refractivity contribution in [3.05, 3.63) is 57.7 Å². The van der Waals surface area contributed by atoms with E-state index in [4.69, 9.17) is 23.2 Å². The number of aryl methyl sites for hydroxylation is 1. The maximum atomic E-state index is 13.4. The van der Waals surface area contributed by atoms with Gasteiger partial charge in [0, 0.05) is 30.1 Å². The quantitative estimate of drug-likeness (QED) is 0.654. The van der Waals surface area contributed by atoms with Gasteiger partial charge in [0.1, 0.15) is 5.82 Å². The van der Waals surface area contributed by atoms with Crippen molar-refractivity contribution in [3.8, 4) is 0 Å². The third kappa shape index (κ3) is 4.24. The van der Waals surface area contributed by atoms with E-state index in [-0.39, 0.29) is 16.4 Å². The Morgan fingerprint density at radius 2 is 2.07 bits per heavy atom. The first-order chi connectivity index (χ1) is 14.4. The molecule has 1 aliphatic rings. The summed E-state index contributed by atoms with van der Waals surface area (Å²) in [5.41, 5.74) is 1.36. The normalized spacial score (nSPS) is 14.2. The number of halogens is 3. The first kappa shape index (κ1) is 20.2. The highest BCUT2D eigenvalue weighted by molar-refractivity contribution is 6.34. The van der Waals surface area contributed by atoms with Crippen LogP contribution in [0.4, 0.5) is 16.2 Å². The highest BCUT2D eigenvalue weighted by Crippen LogP contribution is 2.29. The van der Waals surface area contributed by atoms with E-state index in [0.717, 1.165) is 11.6 Å². The summed E-state index contributed by atoms with van der Waals surface area (Å²) in [6.07, 6.45) is 3.51. The fraction of sp³-hybridized carbons (Fsp3) is 0.222. The van der Waals surface area contributed by atoms with Crippen LogP contribution in [0.5, 0.6) is 0 Å². The van der Waals surface area contributed by atoms with Gasteiger partial charge in [0.25, 0.3) is 11.9 Å². The van der Waals surface area contributed by atoms with Crippen LogP contribution < -0.4 is 10.2 Å². The van der Waals surface area contributed by atoms with Gasteiger partial charge in [-0.05, 0) is 23.4 Å². The highest BCUT2D eigenvalue weighted by atomic mass is 35.5. The molecule has 1 amide bonds. The van der Waals surface area contributed by atoms with Gasteiger partial charge in [-0.25, -0.2) is 9.37 Å². The summed E-state index contributed by atoms with van der Waals surface area (Å²) in [4.78, 5) is 24.2. The van der Waals surface area contributed by atoms with Crippen molar-refractivity contribution < 1.29 is 9.18 Å². The van der Waals surface area contributed by atoms with E-state index in [1.54, 1.807) is 7.05 Å². The fourth-order valence-corrected chi connectivity index (χ4v) is 3.38.